The highest BCUT2D eigenvalue weighted by atomic mass is 16.1. The summed E-state index contributed by atoms with van der Waals surface area (Å²) in [5.41, 5.74) is 1.93. The molecule has 1 aromatic carbocycles. The van der Waals surface area contributed by atoms with Gasteiger partial charge in [-0.05, 0) is 43.9 Å². The first-order valence-corrected chi connectivity index (χ1v) is 8.71. The number of amides is 1. The van der Waals surface area contributed by atoms with E-state index in [4.69, 9.17) is 0 Å². The maximum Gasteiger partial charge on any atom is 0.251 e. The molecule has 1 amide bonds. The molecule has 126 valence electrons. The highest BCUT2D eigenvalue weighted by molar-refractivity contribution is 5.94. The second-order valence-corrected chi connectivity index (χ2v) is 6.82. The molecule has 0 bridgehead atoms. The average molecular weight is 325 g/mol. The number of carbonyl (C=O) groups excluding carboxylic acids is 1. The molecule has 0 unspecified atom stereocenters. The second-order valence-electron chi connectivity index (χ2n) is 6.82. The molecule has 2 heterocycles. The third-order valence-electron chi connectivity index (χ3n) is 4.69. The first-order chi connectivity index (χ1) is 11.7. The minimum Gasteiger partial charge on any atom is -0.349 e. The smallest absolute Gasteiger partial charge is 0.251 e. The van der Waals surface area contributed by atoms with Crippen LogP contribution in [0.25, 0.3) is 0 Å². The molecule has 0 radical (unpaired) electrons. The Bertz CT molecular complexity index is 732. The average Bonchev–Trinajstić information content (AvgIpc) is 3.31. The lowest BCUT2D eigenvalue weighted by Crippen LogP contribution is -2.37. The van der Waals surface area contributed by atoms with Gasteiger partial charge in [-0.2, -0.15) is 5.10 Å². The van der Waals surface area contributed by atoms with Crippen LogP contribution >= 0.6 is 0 Å². The number of fused-ring (bicyclic) bond motifs is 1. The minimum atomic E-state index is 0.0402. The Morgan fingerprint density at radius 1 is 1.21 bits per heavy atom. The molecule has 4 rings (SSSR count). The summed E-state index contributed by atoms with van der Waals surface area (Å²) in [7, 11) is 0. The number of aromatic nitrogens is 3. The molecule has 1 fully saturated rings. The maximum absolute atomic E-state index is 12.0. The van der Waals surface area contributed by atoms with Gasteiger partial charge in [0.05, 0.1) is 6.54 Å². The number of carbonyl (C=O) groups is 1. The molecular weight excluding hydrogens is 302 g/mol. The Morgan fingerprint density at radius 3 is 2.75 bits per heavy atom. The fourth-order valence-corrected chi connectivity index (χ4v) is 3.13. The van der Waals surface area contributed by atoms with E-state index >= 15 is 0 Å². The predicted octanol–water partition coefficient (Wildman–Crippen LogP) is 1.58. The molecule has 1 aliphatic carbocycles. The monoisotopic (exact) mass is 325 g/mol. The lowest BCUT2D eigenvalue weighted by Gasteiger charge is -2.23. The molecule has 24 heavy (non-hydrogen) atoms. The van der Waals surface area contributed by atoms with Crippen LogP contribution in [-0.4, -0.2) is 32.8 Å². The van der Waals surface area contributed by atoms with E-state index in [2.05, 4.69) is 20.7 Å². The van der Waals surface area contributed by atoms with E-state index in [-0.39, 0.29) is 5.91 Å². The topological polar surface area (TPSA) is 71.8 Å². The van der Waals surface area contributed by atoms with Crippen molar-refractivity contribution in [3.8, 4) is 0 Å². The van der Waals surface area contributed by atoms with Crippen LogP contribution in [0, 0.1) is 6.92 Å². The molecular formula is C18H23N5O. The van der Waals surface area contributed by atoms with Gasteiger partial charge in [0.1, 0.15) is 11.6 Å². The van der Waals surface area contributed by atoms with Gasteiger partial charge in [0.2, 0.25) is 0 Å². The van der Waals surface area contributed by atoms with E-state index < -0.39 is 0 Å². The van der Waals surface area contributed by atoms with E-state index in [0.29, 0.717) is 12.1 Å². The van der Waals surface area contributed by atoms with Crippen molar-refractivity contribution in [3.63, 3.8) is 0 Å². The Balaban J connectivity index is 1.30. The lowest BCUT2D eigenvalue weighted by atomic mass is 10.1. The maximum atomic E-state index is 12.0. The third kappa shape index (κ3) is 3.48. The molecule has 1 aliphatic heterocycles. The molecule has 0 saturated heterocycles. The second kappa shape index (κ2) is 6.36. The van der Waals surface area contributed by atoms with Crippen molar-refractivity contribution in [2.45, 2.75) is 57.8 Å². The summed E-state index contributed by atoms with van der Waals surface area (Å²) >= 11 is 0. The van der Waals surface area contributed by atoms with Crippen LogP contribution in [0.4, 0.5) is 0 Å². The van der Waals surface area contributed by atoms with Crippen molar-refractivity contribution >= 4 is 5.91 Å². The van der Waals surface area contributed by atoms with E-state index in [9.17, 15) is 4.79 Å². The van der Waals surface area contributed by atoms with E-state index in [1.165, 1.54) is 5.56 Å². The number of nitrogens with zero attached hydrogens (tertiary/aromatic N) is 3. The van der Waals surface area contributed by atoms with Crippen molar-refractivity contribution in [3.05, 3.63) is 47.0 Å². The molecule has 6 heteroatoms. The van der Waals surface area contributed by atoms with Crippen LogP contribution in [-0.2, 0) is 19.5 Å². The Labute approximate surface area is 141 Å². The fourth-order valence-electron chi connectivity index (χ4n) is 3.13. The standard InChI is InChI=1S/C18H23N5O/c1-12-20-17-9-8-16(11-23(17)22-12)19-10-13-2-4-14(5-3-13)18(24)21-15-6-7-15/h2-5,15-16,19H,6-11H2,1H3,(H,21,24)/t16-/m1/s1. The number of benzene rings is 1. The Morgan fingerprint density at radius 2 is 2.00 bits per heavy atom. The quantitative estimate of drug-likeness (QED) is 0.875. The molecule has 2 N–H and O–H groups in total. The van der Waals surface area contributed by atoms with Gasteiger partial charge in [0.15, 0.2) is 0 Å². The highest BCUT2D eigenvalue weighted by Crippen LogP contribution is 2.19. The van der Waals surface area contributed by atoms with Crippen LogP contribution in [0.5, 0.6) is 0 Å². The van der Waals surface area contributed by atoms with Crippen molar-refractivity contribution in [2.75, 3.05) is 0 Å². The SMILES string of the molecule is Cc1nc2n(n1)C[C@H](NCc1ccc(C(=O)NC3CC3)cc1)CC2. The number of hydrogen-bond acceptors (Lipinski definition) is 4. The number of hydrogen-bond donors (Lipinski definition) is 2. The van der Waals surface area contributed by atoms with Crippen molar-refractivity contribution in [2.24, 2.45) is 0 Å². The third-order valence-corrected chi connectivity index (χ3v) is 4.69. The lowest BCUT2D eigenvalue weighted by molar-refractivity contribution is 0.0951. The van der Waals surface area contributed by atoms with Gasteiger partial charge in [-0.15, -0.1) is 0 Å². The molecule has 1 saturated carbocycles. The summed E-state index contributed by atoms with van der Waals surface area (Å²) in [6.45, 7) is 3.62. The van der Waals surface area contributed by atoms with Crippen LogP contribution < -0.4 is 10.6 Å². The van der Waals surface area contributed by atoms with Crippen molar-refractivity contribution in [1.29, 1.82) is 0 Å². The summed E-state index contributed by atoms with van der Waals surface area (Å²) < 4.78 is 2.02. The van der Waals surface area contributed by atoms with Crippen LogP contribution in [0.3, 0.4) is 0 Å². The normalized spacial score (nSPS) is 19.8. The summed E-state index contributed by atoms with van der Waals surface area (Å²) in [4.78, 5) is 16.4. The highest BCUT2D eigenvalue weighted by Gasteiger charge is 2.24. The fraction of sp³-hybridized carbons (Fsp3) is 0.500. The number of aryl methyl sites for hydroxylation is 2. The van der Waals surface area contributed by atoms with Crippen molar-refractivity contribution in [1.82, 2.24) is 25.4 Å². The molecule has 0 spiro atoms. The molecule has 1 aromatic heterocycles. The van der Waals surface area contributed by atoms with Crippen LogP contribution in [0.1, 0.15) is 46.8 Å². The van der Waals surface area contributed by atoms with E-state index in [1.54, 1.807) is 0 Å². The van der Waals surface area contributed by atoms with Gasteiger partial charge < -0.3 is 10.6 Å². The summed E-state index contributed by atoms with van der Waals surface area (Å²) in [6, 6.07) is 8.70. The molecule has 6 nitrogen and oxygen atoms in total. The van der Waals surface area contributed by atoms with Crippen LogP contribution in [0.15, 0.2) is 24.3 Å². The first kappa shape index (κ1) is 15.3. The van der Waals surface area contributed by atoms with Gasteiger partial charge in [-0.25, -0.2) is 9.67 Å². The van der Waals surface area contributed by atoms with Gasteiger partial charge in [-0.3, -0.25) is 4.79 Å². The summed E-state index contributed by atoms with van der Waals surface area (Å²) in [6.07, 6.45) is 4.28. The molecule has 2 aliphatic rings. The predicted molar refractivity (Wildman–Crippen MR) is 90.6 cm³/mol. The summed E-state index contributed by atoms with van der Waals surface area (Å²) in [5.74, 6) is 1.99. The zero-order valence-corrected chi connectivity index (χ0v) is 14.0. The Kier molecular flexibility index (Phi) is 4.06. The number of nitrogens with one attached hydrogen (secondary N) is 2. The minimum absolute atomic E-state index is 0.0402. The zero-order chi connectivity index (χ0) is 16.5. The summed E-state index contributed by atoms with van der Waals surface area (Å²) in [5, 5.41) is 11.0. The largest absolute Gasteiger partial charge is 0.349 e. The van der Waals surface area contributed by atoms with Gasteiger partial charge in [0, 0.05) is 30.6 Å². The molecule has 1 atom stereocenters. The van der Waals surface area contributed by atoms with Crippen molar-refractivity contribution < 1.29 is 4.79 Å². The Hall–Kier alpha value is -2.21. The first-order valence-electron chi connectivity index (χ1n) is 8.71. The van der Waals surface area contributed by atoms with E-state index in [0.717, 1.165) is 56.0 Å². The van der Waals surface area contributed by atoms with Crippen LogP contribution in [0.2, 0.25) is 0 Å². The number of rotatable bonds is 5. The van der Waals surface area contributed by atoms with Gasteiger partial charge in [0.25, 0.3) is 5.91 Å². The molecule has 2 aromatic rings. The van der Waals surface area contributed by atoms with E-state index in [1.807, 2.05) is 35.9 Å². The van der Waals surface area contributed by atoms with Gasteiger partial charge >= 0.3 is 0 Å². The van der Waals surface area contributed by atoms with Gasteiger partial charge in [-0.1, -0.05) is 12.1 Å². The zero-order valence-electron chi connectivity index (χ0n) is 14.0.